The predicted molar refractivity (Wildman–Crippen MR) is 93.9 cm³/mol. The van der Waals surface area contributed by atoms with E-state index in [-0.39, 0.29) is 5.91 Å². The lowest BCUT2D eigenvalue weighted by Gasteiger charge is -2.36. The van der Waals surface area contributed by atoms with Crippen molar-refractivity contribution in [2.75, 3.05) is 31.1 Å². The van der Waals surface area contributed by atoms with Gasteiger partial charge in [0, 0.05) is 31.9 Å². The van der Waals surface area contributed by atoms with Crippen LogP contribution in [0.4, 0.5) is 18.9 Å². The van der Waals surface area contributed by atoms with Crippen molar-refractivity contribution >= 4 is 46.1 Å². The van der Waals surface area contributed by atoms with E-state index in [1.807, 2.05) is 4.90 Å². The molecule has 1 aromatic heterocycles. The normalized spacial score (nSPS) is 15.6. The molecule has 1 aliphatic heterocycles. The summed E-state index contributed by atoms with van der Waals surface area (Å²) >= 11 is 13.0. The van der Waals surface area contributed by atoms with Crippen LogP contribution in [0.25, 0.3) is 0 Å². The van der Waals surface area contributed by atoms with Crippen LogP contribution in [0.2, 0.25) is 8.67 Å². The first-order valence-corrected chi connectivity index (χ1v) is 8.99. The van der Waals surface area contributed by atoms with Crippen LogP contribution in [0, 0.1) is 0 Å². The third kappa shape index (κ3) is 4.04. The summed E-state index contributed by atoms with van der Waals surface area (Å²) in [6, 6.07) is 6.75. The summed E-state index contributed by atoms with van der Waals surface area (Å²) in [6.07, 6.45) is -4.37. The fourth-order valence-electron chi connectivity index (χ4n) is 2.70. The van der Waals surface area contributed by atoms with E-state index in [2.05, 4.69) is 0 Å². The van der Waals surface area contributed by atoms with E-state index in [9.17, 15) is 18.0 Å². The molecule has 3 rings (SSSR count). The molecule has 1 amide bonds. The summed E-state index contributed by atoms with van der Waals surface area (Å²) in [7, 11) is 0. The molecule has 0 atom stereocenters. The van der Waals surface area contributed by atoms with E-state index in [0.717, 1.165) is 23.5 Å². The molecule has 9 heteroatoms. The number of hydrogen-bond donors (Lipinski definition) is 0. The summed E-state index contributed by atoms with van der Waals surface area (Å²) < 4.78 is 39.3. The molecule has 3 nitrogen and oxygen atoms in total. The van der Waals surface area contributed by atoms with Gasteiger partial charge in [-0.3, -0.25) is 4.79 Å². The van der Waals surface area contributed by atoms with Crippen LogP contribution < -0.4 is 4.90 Å². The molecule has 0 spiro atoms. The van der Waals surface area contributed by atoms with E-state index in [0.29, 0.717) is 46.1 Å². The molecule has 0 unspecified atom stereocenters. The minimum atomic E-state index is -4.37. The smallest absolute Gasteiger partial charge is 0.368 e. The van der Waals surface area contributed by atoms with Crippen molar-refractivity contribution in [3.63, 3.8) is 0 Å². The highest BCUT2D eigenvalue weighted by molar-refractivity contribution is 7.20. The zero-order valence-electron chi connectivity index (χ0n) is 12.8. The Hall–Kier alpha value is -1.44. The Kier molecular flexibility index (Phi) is 5.18. The van der Waals surface area contributed by atoms with Crippen molar-refractivity contribution < 1.29 is 18.0 Å². The van der Waals surface area contributed by atoms with E-state index in [1.165, 1.54) is 12.1 Å². The van der Waals surface area contributed by atoms with E-state index in [1.54, 1.807) is 11.0 Å². The number of carbonyl (C=O) groups excluding carboxylic acids is 1. The number of carbonyl (C=O) groups is 1. The standard InChI is InChI=1S/C16H13Cl2F3N2OS/c17-13-9-12(14(18)25-13)15(24)23-6-4-22(5-7-23)11-3-1-2-10(8-11)16(19,20)21/h1-3,8-9H,4-7H2. The highest BCUT2D eigenvalue weighted by Gasteiger charge is 2.31. The van der Waals surface area contributed by atoms with Gasteiger partial charge >= 0.3 is 6.18 Å². The van der Waals surface area contributed by atoms with Crippen LogP contribution in [0.15, 0.2) is 30.3 Å². The molecule has 2 heterocycles. The summed E-state index contributed by atoms with van der Waals surface area (Å²) in [4.78, 5) is 16.0. The van der Waals surface area contributed by atoms with Gasteiger partial charge < -0.3 is 9.80 Å². The first-order valence-electron chi connectivity index (χ1n) is 7.42. The Bertz CT molecular complexity index is 786. The number of anilines is 1. The monoisotopic (exact) mass is 408 g/mol. The maximum Gasteiger partial charge on any atom is 0.416 e. The van der Waals surface area contributed by atoms with Crippen LogP contribution in [-0.2, 0) is 6.18 Å². The molecule has 1 fully saturated rings. The highest BCUT2D eigenvalue weighted by atomic mass is 35.5. The van der Waals surface area contributed by atoms with Gasteiger partial charge in [0.2, 0.25) is 0 Å². The van der Waals surface area contributed by atoms with Crippen molar-refractivity contribution in [1.29, 1.82) is 0 Å². The van der Waals surface area contributed by atoms with Gasteiger partial charge in [0.25, 0.3) is 5.91 Å². The number of thiophene rings is 1. The first kappa shape index (κ1) is 18.4. The number of alkyl halides is 3. The molecule has 2 aromatic rings. The summed E-state index contributed by atoms with van der Waals surface area (Å²) in [6.45, 7) is 1.70. The maximum absolute atomic E-state index is 12.8. The molecule has 1 aliphatic rings. The van der Waals surface area contributed by atoms with Crippen molar-refractivity contribution in [3.8, 4) is 0 Å². The SMILES string of the molecule is O=C(c1cc(Cl)sc1Cl)N1CCN(c2cccc(C(F)(F)F)c2)CC1. The fourth-order valence-corrected chi connectivity index (χ4v) is 4.15. The minimum absolute atomic E-state index is 0.211. The van der Waals surface area contributed by atoms with E-state index in [4.69, 9.17) is 23.2 Å². The molecular formula is C16H13Cl2F3N2OS. The van der Waals surface area contributed by atoms with Gasteiger partial charge in [-0.25, -0.2) is 0 Å². The lowest BCUT2D eigenvalue weighted by atomic mass is 10.1. The van der Waals surface area contributed by atoms with Crippen LogP contribution in [0.3, 0.4) is 0 Å². The highest BCUT2D eigenvalue weighted by Crippen LogP contribution is 2.33. The second kappa shape index (κ2) is 7.05. The third-order valence-corrected chi connectivity index (χ3v) is 5.48. The van der Waals surface area contributed by atoms with Gasteiger partial charge in [-0.2, -0.15) is 13.2 Å². The minimum Gasteiger partial charge on any atom is -0.368 e. The number of amides is 1. The average Bonchev–Trinajstić information content (AvgIpc) is 2.92. The summed E-state index contributed by atoms with van der Waals surface area (Å²) in [5, 5.41) is 0. The number of halogens is 5. The first-order chi connectivity index (χ1) is 11.8. The average molecular weight is 409 g/mol. The lowest BCUT2D eigenvalue weighted by molar-refractivity contribution is -0.137. The Labute approximate surface area is 156 Å². The van der Waals surface area contributed by atoms with Crippen molar-refractivity contribution in [1.82, 2.24) is 4.90 Å². The largest absolute Gasteiger partial charge is 0.416 e. The van der Waals surface area contributed by atoms with Gasteiger partial charge in [0.05, 0.1) is 15.5 Å². The molecule has 25 heavy (non-hydrogen) atoms. The van der Waals surface area contributed by atoms with Crippen molar-refractivity contribution in [3.05, 3.63) is 50.1 Å². The number of piperazine rings is 1. The topological polar surface area (TPSA) is 23.6 Å². The van der Waals surface area contributed by atoms with Crippen molar-refractivity contribution in [2.24, 2.45) is 0 Å². The molecule has 0 bridgehead atoms. The van der Waals surface area contributed by atoms with Crippen LogP contribution in [-0.4, -0.2) is 37.0 Å². The van der Waals surface area contributed by atoms with E-state index < -0.39 is 11.7 Å². The Morgan fingerprint density at radius 3 is 2.32 bits per heavy atom. The maximum atomic E-state index is 12.8. The molecule has 0 saturated carbocycles. The number of nitrogens with zero attached hydrogens (tertiary/aromatic N) is 2. The van der Waals surface area contributed by atoms with Gasteiger partial charge in [0.1, 0.15) is 4.34 Å². The molecule has 0 aliphatic carbocycles. The Morgan fingerprint density at radius 2 is 1.76 bits per heavy atom. The number of hydrogen-bond acceptors (Lipinski definition) is 3. The molecule has 134 valence electrons. The van der Waals surface area contributed by atoms with Gasteiger partial charge in [-0.15, -0.1) is 11.3 Å². The van der Waals surface area contributed by atoms with Crippen LogP contribution in [0.1, 0.15) is 15.9 Å². The van der Waals surface area contributed by atoms with Gasteiger partial charge in [-0.05, 0) is 24.3 Å². The second-order valence-corrected chi connectivity index (χ2v) is 7.85. The summed E-state index contributed by atoms with van der Waals surface area (Å²) in [5.74, 6) is -0.211. The van der Waals surface area contributed by atoms with Gasteiger partial charge in [-0.1, -0.05) is 29.3 Å². The number of benzene rings is 1. The van der Waals surface area contributed by atoms with Crippen LogP contribution >= 0.6 is 34.5 Å². The van der Waals surface area contributed by atoms with Crippen molar-refractivity contribution in [2.45, 2.75) is 6.18 Å². The summed E-state index contributed by atoms with van der Waals surface area (Å²) in [5.41, 5.74) is 0.186. The Morgan fingerprint density at radius 1 is 1.08 bits per heavy atom. The lowest BCUT2D eigenvalue weighted by Crippen LogP contribution is -2.48. The molecular weight excluding hydrogens is 396 g/mol. The molecule has 0 radical (unpaired) electrons. The molecule has 1 aromatic carbocycles. The fraction of sp³-hybridized carbons (Fsp3) is 0.312. The molecule has 0 N–H and O–H groups in total. The zero-order chi connectivity index (χ0) is 18.2. The predicted octanol–water partition coefficient (Wildman–Crippen LogP) is 5.04. The second-order valence-electron chi connectivity index (χ2n) is 5.57. The Balaban J connectivity index is 1.68. The molecule has 1 saturated heterocycles. The van der Waals surface area contributed by atoms with E-state index >= 15 is 0 Å². The van der Waals surface area contributed by atoms with Gasteiger partial charge in [0.15, 0.2) is 0 Å². The number of rotatable bonds is 2. The van der Waals surface area contributed by atoms with Crippen LogP contribution in [0.5, 0.6) is 0 Å². The zero-order valence-corrected chi connectivity index (χ0v) is 15.1. The third-order valence-electron chi connectivity index (χ3n) is 3.99. The quantitative estimate of drug-likeness (QED) is 0.694.